The van der Waals surface area contributed by atoms with Gasteiger partial charge in [-0.15, -0.1) is 0 Å². The lowest BCUT2D eigenvalue weighted by Crippen LogP contribution is -2.41. The van der Waals surface area contributed by atoms with Crippen LogP contribution in [0.2, 0.25) is 0 Å². The molecule has 1 aromatic carbocycles. The first-order chi connectivity index (χ1) is 8.12. The van der Waals surface area contributed by atoms with Crippen molar-refractivity contribution in [2.75, 3.05) is 12.3 Å². The summed E-state index contributed by atoms with van der Waals surface area (Å²) in [6, 6.07) is 2.61. The third kappa shape index (κ3) is 3.63. The van der Waals surface area contributed by atoms with Gasteiger partial charge in [-0.3, -0.25) is 4.79 Å². The summed E-state index contributed by atoms with van der Waals surface area (Å²) in [7, 11) is 0. The molecule has 0 saturated carbocycles. The molecular formula is C12H16FIN2O2. The maximum Gasteiger partial charge on any atom is 0.179 e. The van der Waals surface area contributed by atoms with Crippen LogP contribution in [-0.4, -0.2) is 28.1 Å². The number of hydrogen-bond donors (Lipinski definition) is 2. The Morgan fingerprint density at radius 1 is 1.50 bits per heavy atom. The van der Waals surface area contributed by atoms with Gasteiger partial charge >= 0.3 is 0 Å². The highest BCUT2D eigenvalue weighted by molar-refractivity contribution is 14.1. The zero-order chi connectivity index (χ0) is 14.1. The Kier molecular flexibility index (Phi) is 4.68. The number of nitrogens with zero attached hydrogens (tertiary/aromatic N) is 1. The van der Waals surface area contributed by atoms with Crippen LogP contribution in [-0.2, 0) is 0 Å². The van der Waals surface area contributed by atoms with Gasteiger partial charge in [0.25, 0.3) is 0 Å². The molecule has 0 radical (unpaired) electrons. The van der Waals surface area contributed by atoms with Gasteiger partial charge in [-0.05, 0) is 55.5 Å². The van der Waals surface area contributed by atoms with E-state index in [0.29, 0.717) is 3.57 Å². The van der Waals surface area contributed by atoms with E-state index >= 15 is 0 Å². The fourth-order valence-corrected chi connectivity index (χ4v) is 1.80. The van der Waals surface area contributed by atoms with Gasteiger partial charge in [-0.25, -0.2) is 4.39 Å². The monoisotopic (exact) mass is 366 g/mol. The van der Waals surface area contributed by atoms with Gasteiger partial charge in [0.05, 0.1) is 12.2 Å². The Bertz CT molecular complexity index is 449. The van der Waals surface area contributed by atoms with E-state index in [9.17, 15) is 14.4 Å². The standard InChI is InChI=1S/C12H16FIN2O2/c1-12(2,3)16(18)6-10(17)7-4-8(13)11(15)9(14)5-7/h4-5,18H,6,15H2,1-3H3. The highest BCUT2D eigenvalue weighted by Crippen LogP contribution is 2.21. The molecule has 0 aromatic heterocycles. The Morgan fingerprint density at radius 3 is 2.50 bits per heavy atom. The summed E-state index contributed by atoms with van der Waals surface area (Å²) in [5, 5.41) is 10.6. The molecule has 0 unspecified atom stereocenters. The smallest absolute Gasteiger partial charge is 0.179 e. The summed E-state index contributed by atoms with van der Waals surface area (Å²) < 4.78 is 13.9. The minimum atomic E-state index is -0.620. The minimum Gasteiger partial charge on any atom is -0.395 e. The van der Waals surface area contributed by atoms with Crippen molar-refractivity contribution in [3.63, 3.8) is 0 Å². The number of benzene rings is 1. The van der Waals surface area contributed by atoms with E-state index in [1.807, 2.05) is 22.6 Å². The minimum absolute atomic E-state index is 0.0313. The number of nitrogen functional groups attached to an aromatic ring is 1. The molecule has 1 rings (SSSR count). The number of rotatable bonds is 3. The fourth-order valence-electron chi connectivity index (χ4n) is 1.21. The van der Waals surface area contributed by atoms with Crippen LogP contribution in [0.3, 0.4) is 0 Å². The van der Waals surface area contributed by atoms with Gasteiger partial charge < -0.3 is 10.9 Å². The molecule has 0 bridgehead atoms. The Hall–Kier alpha value is -0.730. The quantitative estimate of drug-likeness (QED) is 0.374. The lowest BCUT2D eigenvalue weighted by Gasteiger charge is -2.28. The highest BCUT2D eigenvalue weighted by Gasteiger charge is 2.23. The molecule has 0 aliphatic heterocycles. The number of hydroxylamine groups is 2. The van der Waals surface area contributed by atoms with Crippen molar-refractivity contribution in [1.29, 1.82) is 0 Å². The molecule has 0 heterocycles. The lowest BCUT2D eigenvalue weighted by atomic mass is 10.1. The number of Topliss-reactive ketones (excluding diaryl/α,β-unsaturated/α-hetero) is 1. The number of hydrogen-bond acceptors (Lipinski definition) is 4. The zero-order valence-electron chi connectivity index (χ0n) is 10.5. The maximum atomic E-state index is 13.4. The van der Waals surface area contributed by atoms with Crippen molar-refractivity contribution in [3.05, 3.63) is 27.1 Å². The second kappa shape index (κ2) is 5.50. The molecule has 0 amide bonds. The molecule has 0 aliphatic carbocycles. The van der Waals surface area contributed by atoms with Gasteiger partial charge in [0, 0.05) is 14.7 Å². The molecule has 0 saturated heterocycles. The van der Waals surface area contributed by atoms with Crippen LogP contribution < -0.4 is 5.73 Å². The molecule has 3 N–H and O–H groups in total. The second-order valence-corrected chi connectivity index (χ2v) is 6.17. The van der Waals surface area contributed by atoms with Crippen LogP contribution in [0.5, 0.6) is 0 Å². The molecule has 0 aliphatic rings. The highest BCUT2D eigenvalue weighted by atomic mass is 127. The second-order valence-electron chi connectivity index (χ2n) is 5.01. The van der Waals surface area contributed by atoms with Gasteiger partial charge in [0.1, 0.15) is 5.82 Å². The first-order valence-corrected chi connectivity index (χ1v) is 6.45. The summed E-state index contributed by atoms with van der Waals surface area (Å²) in [5.41, 5.74) is 5.16. The molecule has 0 fully saturated rings. The number of nitrogens with two attached hydrogens (primary N) is 1. The first kappa shape index (κ1) is 15.3. The van der Waals surface area contributed by atoms with E-state index < -0.39 is 11.4 Å². The van der Waals surface area contributed by atoms with Crippen molar-refractivity contribution < 1.29 is 14.4 Å². The van der Waals surface area contributed by atoms with E-state index in [1.165, 1.54) is 6.07 Å². The van der Waals surface area contributed by atoms with Crippen LogP contribution >= 0.6 is 22.6 Å². The summed E-state index contributed by atoms with van der Waals surface area (Å²) in [6.07, 6.45) is 0. The van der Waals surface area contributed by atoms with Crippen LogP contribution in [0.1, 0.15) is 31.1 Å². The SMILES string of the molecule is CC(C)(C)N(O)CC(=O)c1cc(F)c(N)c(I)c1. The van der Waals surface area contributed by atoms with E-state index in [4.69, 9.17) is 5.73 Å². The summed E-state index contributed by atoms with van der Waals surface area (Å²) in [5.74, 6) is -0.977. The van der Waals surface area contributed by atoms with Crippen LogP contribution in [0.4, 0.5) is 10.1 Å². The van der Waals surface area contributed by atoms with Gasteiger partial charge in [-0.1, -0.05) is 0 Å². The summed E-state index contributed by atoms with van der Waals surface area (Å²) >= 11 is 1.87. The Morgan fingerprint density at radius 2 is 2.06 bits per heavy atom. The molecular weight excluding hydrogens is 350 g/mol. The molecule has 100 valence electrons. The van der Waals surface area contributed by atoms with E-state index in [1.54, 1.807) is 20.8 Å². The average Bonchev–Trinajstić information content (AvgIpc) is 2.23. The van der Waals surface area contributed by atoms with Crippen molar-refractivity contribution in [1.82, 2.24) is 5.06 Å². The number of anilines is 1. The number of ketones is 1. The number of halogens is 2. The molecule has 6 heteroatoms. The number of carbonyl (C=O) groups is 1. The first-order valence-electron chi connectivity index (χ1n) is 5.37. The van der Waals surface area contributed by atoms with Crippen molar-refractivity contribution in [2.24, 2.45) is 0 Å². The van der Waals surface area contributed by atoms with Gasteiger partial charge in [0.2, 0.25) is 0 Å². The normalized spacial score (nSPS) is 11.9. The number of carbonyl (C=O) groups excluding carboxylic acids is 1. The van der Waals surface area contributed by atoms with Gasteiger partial charge in [-0.2, -0.15) is 5.06 Å². The fraction of sp³-hybridized carbons (Fsp3) is 0.417. The Labute approximate surface area is 119 Å². The summed E-state index contributed by atoms with van der Waals surface area (Å²) in [6.45, 7) is 5.12. The molecule has 1 aromatic rings. The predicted molar refractivity (Wildman–Crippen MR) is 76.1 cm³/mol. The van der Waals surface area contributed by atoms with Crippen LogP contribution in [0.25, 0.3) is 0 Å². The van der Waals surface area contributed by atoms with Crippen molar-refractivity contribution in [2.45, 2.75) is 26.3 Å². The largest absolute Gasteiger partial charge is 0.395 e. The summed E-state index contributed by atoms with van der Waals surface area (Å²) in [4.78, 5) is 11.9. The Balaban J connectivity index is 2.92. The topological polar surface area (TPSA) is 66.6 Å². The van der Waals surface area contributed by atoms with Crippen LogP contribution in [0.15, 0.2) is 12.1 Å². The lowest BCUT2D eigenvalue weighted by molar-refractivity contribution is -0.146. The van der Waals surface area contributed by atoms with E-state index in [2.05, 4.69) is 0 Å². The average molecular weight is 366 g/mol. The third-order valence-electron chi connectivity index (χ3n) is 2.47. The van der Waals surface area contributed by atoms with Crippen LogP contribution in [0, 0.1) is 9.39 Å². The van der Waals surface area contributed by atoms with Gasteiger partial charge in [0.15, 0.2) is 5.78 Å². The van der Waals surface area contributed by atoms with Crippen molar-refractivity contribution in [3.8, 4) is 0 Å². The molecule has 0 spiro atoms. The molecule has 4 nitrogen and oxygen atoms in total. The third-order valence-corrected chi connectivity index (χ3v) is 3.36. The molecule has 18 heavy (non-hydrogen) atoms. The van der Waals surface area contributed by atoms with Crippen molar-refractivity contribution >= 4 is 34.1 Å². The molecule has 0 atom stereocenters. The predicted octanol–water partition coefficient (Wildman–Crippen LogP) is 2.68. The zero-order valence-corrected chi connectivity index (χ0v) is 12.7. The van der Waals surface area contributed by atoms with E-state index in [-0.39, 0.29) is 23.6 Å². The van der Waals surface area contributed by atoms with E-state index in [0.717, 1.165) is 11.1 Å². The maximum absolute atomic E-state index is 13.4.